The van der Waals surface area contributed by atoms with E-state index in [0.717, 1.165) is 24.4 Å². The minimum Gasteiger partial charge on any atom is -0.473 e. The highest BCUT2D eigenvalue weighted by atomic mass is 19.4. The zero-order valence-corrected chi connectivity index (χ0v) is 16.2. The molecule has 0 spiro atoms. The molecule has 0 saturated carbocycles. The molecule has 0 unspecified atom stereocenters. The molecule has 0 fully saturated rings. The van der Waals surface area contributed by atoms with Crippen LogP contribution in [0.25, 0.3) is 5.65 Å². The van der Waals surface area contributed by atoms with Gasteiger partial charge in [-0.15, -0.1) is 0 Å². The molecule has 0 bridgehead atoms. The molecule has 7 nitrogen and oxygen atoms in total. The number of pyridine rings is 1. The molecule has 166 valence electrons. The zero-order valence-electron chi connectivity index (χ0n) is 16.2. The molecule has 1 aromatic carbocycles. The predicted octanol–water partition coefficient (Wildman–Crippen LogP) is 4.10. The van der Waals surface area contributed by atoms with Crippen molar-refractivity contribution in [3.63, 3.8) is 0 Å². The maximum Gasteiger partial charge on any atom is 0.433 e. The number of hydrogen-bond acceptors (Lipinski definition) is 5. The summed E-state index contributed by atoms with van der Waals surface area (Å²) in [7, 11) is 1.63. The van der Waals surface area contributed by atoms with Gasteiger partial charge >= 0.3 is 11.9 Å². The van der Waals surface area contributed by atoms with Gasteiger partial charge in [0.15, 0.2) is 17.4 Å². The number of rotatable bonds is 5. The Morgan fingerprint density at radius 1 is 1.03 bits per heavy atom. The third-order valence-electron chi connectivity index (χ3n) is 4.46. The number of ether oxygens (including phenoxy) is 2. The van der Waals surface area contributed by atoms with Crippen molar-refractivity contribution in [2.75, 3.05) is 0 Å². The summed E-state index contributed by atoms with van der Waals surface area (Å²) < 4.78 is 80.5. The van der Waals surface area contributed by atoms with Crippen molar-refractivity contribution in [1.82, 2.24) is 18.9 Å². The summed E-state index contributed by atoms with van der Waals surface area (Å²) in [6, 6.07) is 5.03. The van der Waals surface area contributed by atoms with Crippen molar-refractivity contribution in [2.24, 2.45) is 7.05 Å². The van der Waals surface area contributed by atoms with Crippen molar-refractivity contribution >= 4 is 5.65 Å². The average molecular weight is 452 g/mol. The van der Waals surface area contributed by atoms with Crippen LogP contribution >= 0.6 is 0 Å². The van der Waals surface area contributed by atoms with Crippen LogP contribution in [-0.4, -0.2) is 18.9 Å². The average Bonchev–Trinajstić information content (AvgIpc) is 3.06. The van der Waals surface area contributed by atoms with E-state index in [1.807, 2.05) is 0 Å². The number of hydrogen-bond donors (Lipinski definition) is 0. The van der Waals surface area contributed by atoms with Crippen LogP contribution in [0.4, 0.5) is 22.0 Å². The van der Waals surface area contributed by atoms with E-state index in [1.165, 1.54) is 16.8 Å². The van der Waals surface area contributed by atoms with Crippen LogP contribution in [-0.2, 0) is 19.8 Å². The quantitative estimate of drug-likeness (QED) is 0.427. The second kappa shape index (κ2) is 7.94. The largest absolute Gasteiger partial charge is 0.473 e. The summed E-state index contributed by atoms with van der Waals surface area (Å²) >= 11 is 0. The van der Waals surface area contributed by atoms with Gasteiger partial charge in [-0.1, -0.05) is 0 Å². The molecule has 0 N–H and O–H groups in total. The fraction of sp³-hybridized carbons (Fsp3) is 0.150. The highest BCUT2D eigenvalue weighted by Crippen LogP contribution is 2.33. The van der Waals surface area contributed by atoms with Crippen molar-refractivity contribution < 1.29 is 31.4 Å². The highest BCUT2D eigenvalue weighted by molar-refractivity contribution is 5.42. The third-order valence-corrected chi connectivity index (χ3v) is 4.46. The Morgan fingerprint density at radius 2 is 1.72 bits per heavy atom. The third kappa shape index (κ3) is 4.11. The van der Waals surface area contributed by atoms with E-state index in [1.54, 1.807) is 17.7 Å². The normalized spacial score (nSPS) is 11.7. The van der Waals surface area contributed by atoms with Crippen LogP contribution in [0.15, 0.2) is 53.7 Å². The fourth-order valence-electron chi connectivity index (χ4n) is 2.94. The lowest BCUT2D eigenvalue weighted by Crippen LogP contribution is -2.14. The van der Waals surface area contributed by atoms with Crippen molar-refractivity contribution in [1.29, 1.82) is 0 Å². The van der Waals surface area contributed by atoms with Gasteiger partial charge in [0, 0.05) is 25.5 Å². The van der Waals surface area contributed by atoms with Crippen LogP contribution in [0.3, 0.4) is 0 Å². The topological polar surface area (TPSA) is 70.7 Å². The van der Waals surface area contributed by atoms with Gasteiger partial charge in [-0.3, -0.25) is 4.98 Å². The first-order valence-electron chi connectivity index (χ1n) is 8.98. The summed E-state index contributed by atoms with van der Waals surface area (Å²) in [5.41, 5.74) is -1.19. The molecule has 4 rings (SSSR count). The second-order valence-corrected chi connectivity index (χ2v) is 6.64. The van der Waals surface area contributed by atoms with Gasteiger partial charge in [0.05, 0.1) is 6.20 Å². The Balaban J connectivity index is 1.54. The van der Waals surface area contributed by atoms with E-state index in [4.69, 9.17) is 9.47 Å². The van der Waals surface area contributed by atoms with Gasteiger partial charge in [0.2, 0.25) is 5.88 Å². The molecule has 32 heavy (non-hydrogen) atoms. The fourth-order valence-corrected chi connectivity index (χ4v) is 2.94. The summed E-state index contributed by atoms with van der Waals surface area (Å²) in [6.07, 6.45) is -1.19. The Hall–Kier alpha value is -3.96. The molecule has 0 atom stereocenters. The van der Waals surface area contributed by atoms with Gasteiger partial charge in [-0.05, 0) is 29.8 Å². The van der Waals surface area contributed by atoms with Gasteiger partial charge in [-0.25, -0.2) is 23.0 Å². The standard InChI is InChI=1S/C20H13F5N4O3/c1-28-16-3-5-27-19(30)29(16)9-17(28)31-10-11-6-13(21)18(14(22)7-11)32-12-2-4-26-15(8-12)20(23,24)25/h2-9H,10H2,1H3. The van der Waals surface area contributed by atoms with Crippen molar-refractivity contribution in [3.8, 4) is 17.4 Å². The van der Waals surface area contributed by atoms with E-state index in [-0.39, 0.29) is 18.1 Å². The monoisotopic (exact) mass is 452 g/mol. The SMILES string of the molecule is Cn1c(OCc2cc(F)c(Oc3ccnc(C(F)(F)F)c3)c(F)c2)cn2c(=O)nccc12. The molecule has 4 aromatic rings. The molecular formula is C20H13F5N4O3. The maximum atomic E-state index is 14.4. The number of fused-ring (bicyclic) bond motifs is 1. The summed E-state index contributed by atoms with van der Waals surface area (Å²) in [4.78, 5) is 18.6. The van der Waals surface area contributed by atoms with Crippen molar-refractivity contribution in [3.05, 3.63) is 82.3 Å². The number of aromatic nitrogens is 4. The second-order valence-electron chi connectivity index (χ2n) is 6.64. The lowest BCUT2D eigenvalue weighted by Gasteiger charge is -2.12. The van der Waals surface area contributed by atoms with Gasteiger partial charge in [-0.2, -0.15) is 13.2 Å². The van der Waals surface area contributed by atoms with Crippen LogP contribution < -0.4 is 15.2 Å². The van der Waals surface area contributed by atoms with Crippen LogP contribution in [0, 0.1) is 11.6 Å². The van der Waals surface area contributed by atoms with Gasteiger partial charge < -0.3 is 14.0 Å². The molecule has 0 aliphatic carbocycles. The van der Waals surface area contributed by atoms with E-state index in [2.05, 4.69) is 9.97 Å². The molecule has 0 aliphatic heterocycles. The molecule has 0 aliphatic rings. The molecular weight excluding hydrogens is 439 g/mol. The Labute approximate surface area is 176 Å². The highest BCUT2D eigenvalue weighted by Gasteiger charge is 2.33. The van der Waals surface area contributed by atoms with Crippen molar-refractivity contribution in [2.45, 2.75) is 12.8 Å². The molecule has 3 aromatic heterocycles. The van der Waals surface area contributed by atoms with E-state index in [0.29, 0.717) is 11.7 Å². The predicted molar refractivity (Wildman–Crippen MR) is 100 cm³/mol. The number of imidazole rings is 1. The molecule has 0 amide bonds. The first-order chi connectivity index (χ1) is 15.1. The molecule has 0 radical (unpaired) electrons. The molecule has 3 heterocycles. The molecule has 0 saturated heterocycles. The smallest absolute Gasteiger partial charge is 0.433 e. The number of alkyl halides is 3. The van der Waals surface area contributed by atoms with E-state index >= 15 is 0 Å². The summed E-state index contributed by atoms with van der Waals surface area (Å²) in [5, 5.41) is 0. The molecule has 12 heteroatoms. The lowest BCUT2D eigenvalue weighted by atomic mass is 10.2. The van der Waals surface area contributed by atoms with Crippen LogP contribution in [0.5, 0.6) is 17.4 Å². The van der Waals surface area contributed by atoms with Gasteiger partial charge in [0.1, 0.15) is 23.7 Å². The first kappa shape index (κ1) is 21.3. The van der Waals surface area contributed by atoms with E-state index < -0.39 is 40.7 Å². The Kier molecular flexibility index (Phi) is 5.28. The minimum atomic E-state index is -4.74. The lowest BCUT2D eigenvalue weighted by molar-refractivity contribution is -0.141. The Bertz CT molecular complexity index is 1340. The summed E-state index contributed by atoms with van der Waals surface area (Å²) in [6.45, 7) is -0.256. The zero-order chi connectivity index (χ0) is 23.0. The minimum absolute atomic E-state index is 0.0915. The number of benzene rings is 1. The van der Waals surface area contributed by atoms with Crippen LogP contribution in [0.2, 0.25) is 0 Å². The number of nitrogens with zero attached hydrogens (tertiary/aromatic N) is 4. The maximum absolute atomic E-state index is 14.4. The van der Waals surface area contributed by atoms with Crippen LogP contribution in [0.1, 0.15) is 11.3 Å². The summed E-state index contributed by atoms with van der Waals surface area (Å²) in [5.74, 6) is -3.32. The van der Waals surface area contributed by atoms with E-state index in [9.17, 15) is 26.7 Å². The Morgan fingerprint density at radius 3 is 2.38 bits per heavy atom. The first-order valence-corrected chi connectivity index (χ1v) is 8.98. The number of halogens is 5. The number of aryl methyl sites for hydroxylation is 1. The van der Waals surface area contributed by atoms with Gasteiger partial charge in [0.25, 0.3) is 0 Å².